The molecule has 0 saturated heterocycles. The van der Waals surface area contributed by atoms with Gasteiger partial charge in [0.25, 0.3) is 5.56 Å². The molecule has 17 heavy (non-hydrogen) atoms. The molecule has 1 heterocycles. The molecule has 1 aromatic heterocycles. The van der Waals surface area contributed by atoms with Crippen molar-refractivity contribution in [1.29, 1.82) is 5.26 Å². The number of hydrogen-bond acceptors (Lipinski definition) is 2. The quantitative estimate of drug-likeness (QED) is 0.788. The molecular formula is C13H9FN2O. The van der Waals surface area contributed by atoms with E-state index in [1.165, 1.54) is 35.0 Å². The molecule has 4 heteroatoms. The first-order valence-electron chi connectivity index (χ1n) is 5.04. The molecule has 0 aliphatic rings. The van der Waals surface area contributed by atoms with Crippen LogP contribution in [0.2, 0.25) is 0 Å². The Labute approximate surface area is 97.4 Å². The van der Waals surface area contributed by atoms with Crippen molar-refractivity contribution in [2.24, 2.45) is 0 Å². The fourth-order valence-electron chi connectivity index (χ4n) is 1.51. The molecule has 3 nitrogen and oxygen atoms in total. The summed E-state index contributed by atoms with van der Waals surface area (Å²) in [4.78, 5) is 11.5. The number of nitrogens with zero attached hydrogens (tertiary/aromatic N) is 2. The monoisotopic (exact) mass is 228 g/mol. The van der Waals surface area contributed by atoms with E-state index in [1.54, 1.807) is 12.1 Å². The largest absolute Gasteiger partial charge is 0.310 e. The first-order chi connectivity index (χ1) is 8.19. The Balaban J connectivity index is 2.33. The van der Waals surface area contributed by atoms with Gasteiger partial charge >= 0.3 is 0 Å². The second kappa shape index (κ2) is 4.62. The second-order valence-electron chi connectivity index (χ2n) is 3.62. The maximum atomic E-state index is 12.7. The molecule has 2 aromatic rings. The van der Waals surface area contributed by atoms with Crippen molar-refractivity contribution in [2.75, 3.05) is 0 Å². The number of benzene rings is 1. The van der Waals surface area contributed by atoms with Crippen LogP contribution in [0.4, 0.5) is 4.39 Å². The second-order valence-corrected chi connectivity index (χ2v) is 3.62. The van der Waals surface area contributed by atoms with Gasteiger partial charge in [0.15, 0.2) is 0 Å². The number of rotatable bonds is 2. The van der Waals surface area contributed by atoms with Crippen molar-refractivity contribution >= 4 is 0 Å². The topological polar surface area (TPSA) is 45.8 Å². The summed E-state index contributed by atoms with van der Waals surface area (Å²) in [6.45, 7) is 0.328. The van der Waals surface area contributed by atoms with Gasteiger partial charge in [-0.05, 0) is 23.8 Å². The third kappa shape index (κ3) is 2.58. The fraction of sp³-hybridized carbons (Fsp3) is 0.0769. The molecule has 0 unspecified atom stereocenters. The summed E-state index contributed by atoms with van der Waals surface area (Å²) in [6.07, 6.45) is 1.49. The summed E-state index contributed by atoms with van der Waals surface area (Å²) in [5, 5.41) is 8.74. The van der Waals surface area contributed by atoms with Gasteiger partial charge in [0.05, 0.1) is 12.1 Å². The van der Waals surface area contributed by atoms with Gasteiger partial charge in [-0.1, -0.05) is 12.1 Å². The molecule has 2 rings (SSSR count). The summed E-state index contributed by atoms with van der Waals surface area (Å²) in [5.74, 6) is -0.313. The average Bonchev–Trinajstić information content (AvgIpc) is 2.35. The standard InChI is InChI=1S/C13H9FN2O/c14-12-4-1-10(2-5-12)8-16-9-11(7-15)3-6-13(16)17/h1-6,9H,8H2. The van der Waals surface area contributed by atoms with Crippen molar-refractivity contribution < 1.29 is 4.39 Å². The lowest BCUT2D eigenvalue weighted by molar-refractivity contribution is 0.626. The van der Waals surface area contributed by atoms with Crippen LogP contribution >= 0.6 is 0 Å². The lowest BCUT2D eigenvalue weighted by atomic mass is 10.2. The molecule has 0 aliphatic carbocycles. The molecule has 0 aliphatic heterocycles. The average molecular weight is 228 g/mol. The Morgan fingerprint density at radius 3 is 2.53 bits per heavy atom. The van der Waals surface area contributed by atoms with E-state index in [2.05, 4.69) is 0 Å². The van der Waals surface area contributed by atoms with Crippen molar-refractivity contribution in [2.45, 2.75) is 6.54 Å². The van der Waals surface area contributed by atoms with Gasteiger partial charge in [-0.25, -0.2) is 4.39 Å². The maximum Gasteiger partial charge on any atom is 0.250 e. The highest BCUT2D eigenvalue weighted by Gasteiger charge is 2.00. The molecule has 0 fully saturated rings. The summed E-state index contributed by atoms with van der Waals surface area (Å²) >= 11 is 0. The third-order valence-corrected chi connectivity index (χ3v) is 2.38. The molecule has 0 amide bonds. The Morgan fingerprint density at radius 2 is 1.88 bits per heavy atom. The zero-order valence-electron chi connectivity index (χ0n) is 8.93. The zero-order chi connectivity index (χ0) is 12.3. The predicted octanol–water partition coefficient (Wildman–Crippen LogP) is 1.91. The van der Waals surface area contributed by atoms with Gasteiger partial charge in [-0.3, -0.25) is 4.79 Å². The van der Waals surface area contributed by atoms with Crippen LogP contribution in [-0.2, 0) is 6.54 Å². The van der Waals surface area contributed by atoms with Crippen molar-refractivity contribution in [3.63, 3.8) is 0 Å². The Morgan fingerprint density at radius 1 is 1.18 bits per heavy atom. The number of nitriles is 1. The first-order valence-corrected chi connectivity index (χ1v) is 5.04. The number of hydrogen-bond donors (Lipinski definition) is 0. The van der Waals surface area contributed by atoms with Crippen LogP contribution in [0.25, 0.3) is 0 Å². The molecule has 0 spiro atoms. The van der Waals surface area contributed by atoms with Crippen LogP contribution in [0.3, 0.4) is 0 Å². The van der Waals surface area contributed by atoms with Crippen LogP contribution in [0, 0.1) is 17.1 Å². The normalized spacial score (nSPS) is 9.88. The first kappa shape index (κ1) is 11.1. The summed E-state index contributed by atoms with van der Waals surface area (Å²) < 4.78 is 14.1. The van der Waals surface area contributed by atoms with Crippen molar-refractivity contribution in [3.05, 3.63) is 69.9 Å². The summed E-state index contributed by atoms with van der Waals surface area (Å²) in [6, 6.07) is 10.7. The fourth-order valence-corrected chi connectivity index (χ4v) is 1.51. The third-order valence-electron chi connectivity index (χ3n) is 2.38. The maximum absolute atomic E-state index is 12.7. The minimum absolute atomic E-state index is 0.187. The highest BCUT2D eigenvalue weighted by Crippen LogP contribution is 2.04. The van der Waals surface area contributed by atoms with E-state index in [-0.39, 0.29) is 11.4 Å². The van der Waals surface area contributed by atoms with Gasteiger partial charge in [-0.2, -0.15) is 5.26 Å². The predicted molar refractivity (Wildman–Crippen MR) is 60.9 cm³/mol. The number of aromatic nitrogens is 1. The van der Waals surface area contributed by atoms with Gasteiger partial charge in [0.2, 0.25) is 0 Å². The molecule has 84 valence electrons. The SMILES string of the molecule is N#Cc1ccc(=O)n(Cc2ccc(F)cc2)c1. The van der Waals surface area contributed by atoms with Crippen LogP contribution in [0.15, 0.2) is 47.4 Å². The van der Waals surface area contributed by atoms with E-state index in [1.807, 2.05) is 6.07 Å². The molecular weight excluding hydrogens is 219 g/mol. The molecule has 1 aromatic carbocycles. The number of pyridine rings is 1. The lowest BCUT2D eigenvalue weighted by Crippen LogP contribution is -2.19. The van der Waals surface area contributed by atoms with E-state index in [9.17, 15) is 9.18 Å². The summed E-state index contributed by atoms with van der Waals surface area (Å²) in [7, 11) is 0. The minimum Gasteiger partial charge on any atom is -0.310 e. The van der Waals surface area contributed by atoms with Crippen LogP contribution < -0.4 is 5.56 Å². The lowest BCUT2D eigenvalue weighted by Gasteiger charge is -2.05. The molecule has 0 atom stereocenters. The smallest absolute Gasteiger partial charge is 0.250 e. The van der Waals surface area contributed by atoms with Crippen LogP contribution in [0.5, 0.6) is 0 Å². The van der Waals surface area contributed by atoms with Gasteiger partial charge in [0.1, 0.15) is 11.9 Å². The van der Waals surface area contributed by atoms with Gasteiger partial charge < -0.3 is 4.57 Å². The van der Waals surface area contributed by atoms with E-state index in [0.29, 0.717) is 12.1 Å². The Hall–Kier alpha value is -2.41. The van der Waals surface area contributed by atoms with Crippen LogP contribution in [-0.4, -0.2) is 4.57 Å². The van der Waals surface area contributed by atoms with Gasteiger partial charge in [0, 0.05) is 12.3 Å². The molecule has 0 radical (unpaired) electrons. The molecule has 0 N–H and O–H groups in total. The van der Waals surface area contributed by atoms with Crippen LogP contribution in [0.1, 0.15) is 11.1 Å². The van der Waals surface area contributed by atoms with E-state index >= 15 is 0 Å². The minimum atomic E-state index is -0.313. The highest BCUT2D eigenvalue weighted by molar-refractivity contribution is 5.25. The zero-order valence-corrected chi connectivity index (χ0v) is 8.93. The summed E-state index contributed by atoms with van der Waals surface area (Å²) in [5.41, 5.74) is 1.05. The molecule has 0 saturated carbocycles. The Kier molecular flexibility index (Phi) is 3.01. The van der Waals surface area contributed by atoms with Crippen molar-refractivity contribution in [1.82, 2.24) is 4.57 Å². The van der Waals surface area contributed by atoms with E-state index in [0.717, 1.165) is 5.56 Å². The number of halogens is 1. The molecule has 0 bridgehead atoms. The van der Waals surface area contributed by atoms with E-state index < -0.39 is 0 Å². The van der Waals surface area contributed by atoms with E-state index in [4.69, 9.17) is 5.26 Å². The van der Waals surface area contributed by atoms with Gasteiger partial charge in [-0.15, -0.1) is 0 Å². The Bertz CT molecular complexity index is 623. The van der Waals surface area contributed by atoms with Crippen molar-refractivity contribution in [3.8, 4) is 6.07 Å². The highest BCUT2D eigenvalue weighted by atomic mass is 19.1.